The molecule has 2 aliphatic heterocycles. The summed E-state index contributed by atoms with van der Waals surface area (Å²) in [6.07, 6.45) is 1.88. The Morgan fingerprint density at radius 1 is 1.00 bits per heavy atom. The highest BCUT2D eigenvalue weighted by molar-refractivity contribution is 6.00. The summed E-state index contributed by atoms with van der Waals surface area (Å²) in [5, 5.41) is 0. The van der Waals surface area contributed by atoms with Gasteiger partial charge in [-0.1, -0.05) is 42.3 Å². The van der Waals surface area contributed by atoms with Gasteiger partial charge in [0.25, 0.3) is 5.91 Å². The van der Waals surface area contributed by atoms with Crippen molar-refractivity contribution in [2.24, 2.45) is 0 Å². The van der Waals surface area contributed by atoms with Crippen LogP contribution in [-0.4, -0.2) is 24.0 Å². The van der Waals surface area contributed by atoms with E-state index < -0.39 is 5.72 Å². The van der Waals surface area contributed by atoms with E-state index >= 15 is 0 Å². The Bertz CT molecular complexity index is 803. The largest absolute Gasteiger partial charge is 0.341 e. The molecule has 1 amide bonds. The zero-order chi connectivity index (χ0) is 15.7. The molecule has 114 valence electrons. The molecule has 4 rings (SSSR count). The van der Waals surface area contributed by atoms with Gasteiger partial charge in [-0.15, -0.1) is 0 Å². The Hall–Kier alpha value is -2.57. The van der Waals surface area contributed by atoms with Crippen molar-refractivity contribution < 1.29 is 9.53 Å². The zero-order valence-electron chi connectivity index (χ0n) is 12.8. The number of nitrogens with zero attached hydrogens (tertiary/aromatic N) is 1. The molecule has 2 aromatic carbocycles. The molecule has 0 bridgehead atoms. The van der Waals surface area contributed by atoms with Gasteiger partial charge in [0, 0.05) is 23.2 Å². The van der Waals surface area contributed by atoms with Crippen molar-refractivity contribution in [3.63, 3.8) is 0 Å². The van der Waals surface area contributed by atoms with Crippen molar-refractivity contribution in [3.8, 4) is 11.8 Å². The Labute approximate surface area is 135 Å². The van der Waals surface area contributed by atoms with Gasteiger partial charge in [0.05, 0.1) is 6.61 Å². The molecular formula is C20H17NO2. The molecule has 2 aliphatic rings. The van der Waals surface area contributed by atoms with Gasteiger partial charge in [-0.25, -0.2) is 0 Å². The fourth-order valence-electron chi connectivity index (χ4n) is 3.25. The maximum atomic E-state index is 12.8. The lowest BCUT2D eigenvalue weighted by atomic mass is 10.0. The molecule has 3 heteroatoms. The lowest BCUT2D eigenvalue weighted by molar-refractivity contribution is -0.0805. The van der Waals surface area contributed by atoms with Crippen LogP contribution in [0.4, 0.5) is 0 Å². The Balaban J connectivity index is 1.87. The molecule has 0 radical (unpaired) electrons. The first kappa shape index (κ1) is 14.0. The van der Waals surface area contributed by atoms with Gasteiger partial charge < -0.3 is 4.74 Å². The maximum absolute atomic E-state index is 12.8. The van der Waals surface area contributed by atoms with Crippen LogP contribution < -0.4 is 0 Å². The van der Waals surface area contributed by atoms with E-state index in [-0.39, 0.29) is 5.91 Å². The predicted octanol–water partition coefficient (Wildman–Crippen LogP) is 3.16. The van der Waals surface area contributed by atoms with E-state index in [1.165, 1.54) is 0 Å². The minimum atomic E-state index is -0.944. The highest BCUT2D eigenvalue weighted by atomic mass is 16.5. The number of hydrogen-bond acceptors (Lipinski definition) is 2. The first-order valence-corrected chi connectivity index (χ1v) is 7.95. The van der Waals surface area contributed by atoms with Crippen molar-refractivity contribution in [3.05, 3.63) is 71.3 Å². The molecule has 3 nitrogen and oxygen atoms in total. The van der Waals surface area contributed by atoms with Crippen LogP contribution in [0.25, 0.3) is 0 Å². The lowest BCUT2D eigenvalue weighted by Crippen LogP contribution is -2.44. The molecular weight excluding hydrogens is 286 g/mol. The number of fused-ring (bicyclic) bond motifs is 3. The Morgan fingerprint density at radius 3 is 2.65 bits per heavy atom. The van der Waals surface area contributed by atoms with Crippen LogP contribution in [0.3, 0.4) is 0 Å². The molecule has 0 aliphatic carbocycles. The third-order valence-electron chi connectivity index (χ3n) is 4.38. The second-order valence-electron chi connectivity index (χ2n) is 5.82. The van der Waals surface area contributed by atoms with Crippen LogP contribution in [0.2, 0.25) is 0 Å². The number of rotatable bonds is 0. The number of hydrogen-bond donors (Lipinski definition) is 0. The highest BCUT2D eigenvalue weighted by Crippen LogP contribution is 2.41. The monoisotopic (exact) mass is 303 g/mol. The Kier molecular flexibility index (Phi) is 3.40. The first-order chi connectivity index (χ1) is 11.3. The molecule has 1 atom stereocenters. The number of benzene rings is 2. The van der Waals surface area contributed by atoms with Crippen LogP contribution in [0.15, 0.2) is 54.6 Å². The summed E-state index contributed by atoms with van der Waals surface area (Å²) in [5.41, 5.74) is 1.55. The van der Waals surface area contributed by atoms with Gasteiger partial charge in [0.15, 0.2) is 0 Å². The van der Waals surface area contributed by atoms with Crippen LogP contribution in [0.5, 0.6) is 0 Å². The fourth-order valence-corrected chi connectivity index (χ4v) is 3.25. The smallest absolute Gasteiger partial charge is 0.257 e. The minimum Gasteiger partial charge on any atom is -0.341 e. The second-order valence-corrected chi connectivity index (χ2v) is 5.82. The number of ether oxygens (including phenoxy) is 1. The molecule has 1 fully saturated rings. The molecule has 2 aromatic rings. The Morgan fingerprint density at radius 2 is 1.78 bits per heavy atom. The van der Waals surface area contributed by atoms with Crippen molar-refractivity contribution in [2.45, 2.75) is 18.6 Å². The standard InChI is InChI=1S/C20H17NO2/c22-19-17-10-4-5-11-18(17)20(21(19)14-6-7-15-23-20)13-12-16-8-2-1-3-9-16/h1-5,8-11H,6-7,14-15H2. The average Bonchev–Trinajstić information content (AvgIpc) is 2.75. The van der Waals surface area contributed by atoms with E-state index in [2.05, 4.69) is 11.8 Å². The van der Waals surface area contributed by atoms with E-state index in [1.54, 1.807) is 4.90 Å². The zero-order valence-corrected chi connectivity index (χ0v) is 12.8. The average molecular weight is 303 g/mol. The number of carbonyl (C=O) groups excluding carboxylic acids is 1. The lowest BCUT2D eigenvalue weighted by Gasteiger charge is -2.32. The number of carbonyl (C=O) groups is 1. The SMILES string of the molecule is O=C1c2ccccc2C2(C#Cc3ccccc3)OCCCCN12. The van der Waals surface area contributed by atoms with Crippen LogP contribution in [0, 0.1) is 11.8 Å². The van der Waals surface area contributed by atoms with Crippen molar-refractivity contribution in [2.75, 3.05) is 13.2 Å². The topological polar surface area (TPSA) is 29.5 Å². The summed E-state index contributed by atoms with van der Waals surface area (Å²) in [6.45, 7) is 1.29. The van der Waals surface area contributed by atoms with E-state index in [1.807, 2.05) is 54.6 Å². The molecule has 0 spiro atoms. The van der Waals surface area contributed by atoms with Crippen LogP contribution >= 0.6 is 0 Å². The third-order valence-corrected chi connectivity index (χ3v) is 4.38. The van der Waals surface area contributed by atoms with Gasteiger partial charge in [-0.05, 0) is 37.0 Å². The minimum absolute atomic E-state index is 0.0184. The van der Waals surface area contributed by atoms with Crippen molar-refractivity contribution >= 4 is 5.91 Å². The fraction of sp³-hybridized carbons (Fsp3) is 0.250. The molecule has 1 unspecified atom stereocenters. The normalized spacial score (nSPS) is 22.6. The summed E-state index contributed by atoms with van der Waals surface area (Å²) in [6, 6.07) is 17.5. The third kappa shape index (κ3) is 2.23. The molecule has 2 heterocycles. The van der Waals surface area contributed by atoms with E-state index in [0.717, 1.165) is 24.0 Å². The number of amides is 1. The van der Waals surface area contributed by atoms with Gasteiger partial charge >= 0.3 is 0 Å². The van der Waals surface area contributed by atoms with Gasteiger partial charge in [0.2, 0.25) is 5.72 Å². The van der Waals surface area contributed by atoms with Gasteiger partial charge in [-0.2, -0.15) is 0 Å². The summed E-state index contributed by atoms with van der Waals surface area (Å²) in [7, 11) is 0. The molecule has 0 saturated carbocycles. The van der Waals surface area contributed by atoms with Gasteiger partial charge in [-0.3, -0.25) is 9.69 Å². The van der Waals surface area contributed by atoms with E-state index in [9.17, 15) is 4.79 Å². The molecule has 1 saturated heterocycles. The molecule has 0 aromatic heterocycles. The van der Waals surface area contributed by atoms with E-state index in [4.69, 9.17) is 4.74 Å². The van der Waals surface area contributed by atoms with Gasteiger partial charge in [0.1, 0.15) is 0 Å². The summed E-state index contributed by atoms with van der Waals surface area (Å²) >= 11 is 0. The molecule has 23 heavy (non-hydrogen) atoms. The summed E-state index contributed by atoms with van der Waals surface area (Å²) in [5.74, 6) is 6.49. The first-order valence-electron chi connectivity index (χ1n) is 7.95. The predicted molar refractivity (Wildman–Crippen MR) is 87.7 cm³/mol. The van der Waals surface area contributed by atoms with Crippen LogP contribution in [0.1, 0.15) is 34.3 Å². The molecule has 0 N–H and O–H groups in total. The second kappa shape index (κ2) is 5.57. The van der Waals surface area contributed by atoms with E-state index in [0.29, 0.717) is 18.7 Å². The quantitative estimate of drug-likeness (QED) is 0.700. The summed E-state index contributed by atoms with van der Waals surface area (Å²) < 4.78 is 6.16. The van der Waals surface area contributed by atoms with Crippen LogP contribution in [-0.2, 0) is 10.5 Å². The van der Waals surface area contributed by atoms with Crippen molar-refractivity contribution in [1.82, 2.24) is 4.90 Å². The maximum Gasteiger partial charge on any atom is 0.257 e. The van der Waals surface area contributed by atoms with Crippen molar-refractivity contribution in [1.29, 1.82) is 0 Å². The summed E-state index contributed by atoms with van der Waals surface area (Å²) in [4.78, 5) is 14.6. The highest BCUT2D eigenvalue weighted by Gasteiger charge is 2.50.